The summed E-state index contributed by atoms with van der Waals surface area (Å²) in [6.07, 6.45) is 11.1. The van der Waals surface area contributed by atoms with Crippen molar-refractivity contribution in [3.05, 3.63) is 29.8 Å². The van der Waals surface area contributed by atoms with Crippen molar-refractivity contribution < 1.29 is 4.74 Å². The molecule has 0 aromatic heterocycles. The molecule has 0 N–H and O–H groups in total. The van der Waals surface area contributed by atoms with E-state index >= 15 is 0 Å². The molecule has 0 amide bonds. The highest BCUT2D eigenvalue weighted by Gasteiger charge is 2.15. The van der Waals surface area contributed by atoms with Crippen LogP contribution in [0.5, 0.6) is 5.75 Å². The lowest BCUT2D eigenvalue weighted by Gasteiger charge is -2.22. The molecule has 1 atom stereocenters. The molecule has 1 nitrogen and oxygen atoms in total. The molecule has 19 heavy (non-hydrogen) atoms. The van der Waals surface area contributed by atoms with Crippen LogP contribution in [-0.2, 0) is 6.42 Å². The smallest absolute Gasteiger partial charge is 0.118 e. The Morgan fingerprint density at radius 3 is 2.47 bits per heavy atom. The van der Waals surface area contributed by atoms with E-state index in [-0.39, 0.29) is 0 Å². The number of benzene rings is 1. The van der Waals surface area contributed by atoms with Gasteiger partial charge in [-0.2, -0.15) is 0 Å². The highest BCUT2D eigenvalue weighted by Crippen LogP contribution is 2.29. The number of rotatable bonds is 6. The van der Waals surface area contributed by atoms with Gasteiger partial charge in [-0.3, -0.25) is 0 Å². The second-order valence-corrected chi connectivity index (χ2v) is 7.03. The van der Waals surface area contributed by atoms with Gasteiger partial charge in [-0.05, 0) is 42.9 Å². The van der Waals surface area contributed by atoms with Gasteiger partial charge in [-0.15, -0.1) is 0 Å². The van der Waals surface area contributed by atoms with Crippen molar-refractivity contribution in [3.8, 4) is 5.75 Å². The van der Waals surface area contributed by atoms with E-state index in [1.165, 1.54) is 50.5 Å². The van der Waals surface area contributed by atoms with Crippen molar-refractivity contribution in [2.45, 2.75) is 56.2 Å². The Morgan fingerprint density at radius 1 is 1.16 bits per heavy atom. The largest absolute Gasteiger partial charge is 0.497 e. The predicted octanol–water partition coefficient (Wildman–Crippen LogP) is 5.36. The molecule has 0 saturated heterocycles. The molecule has 2 heteroatoms. The van der Waals surface area contributed by atoms with Gasteiger partial charge in [0.15, 0.2) is 0 Å². The summed E-state index contributed by atoms with van der Waals surface area (Å²) < 4.78 is 5.19. The lowest BCUT2D eigenvalue weighted by atomic mass is 9.85. The van der Waals surface area contributed by atoms with Gasteiger partial charge in [0.1, 0.15) is 5.75 Å². The summed E-state index contributed by atoms with van der Waals surface area (Å²) in [5.41, 5.74) is 1.39. The van der Waals surface area contributed by atoms with Crippen LogP contribution >= 0.6 is 15.9 Å². The Labute approximate surface area is 125 Å². The SMILES string of the molecule is COc1ccc(CC(Br)CCC2CCCCC2)cc1. The topological polar surface area (TPSA) is 9.23 Å². The summed E-state index contributed by atoms with van der Waals surface area (Å²) in [5.74, 6) is 1.93. The molecule has 2 rings (SSSR count). The van der Waals surface area contributed by atoms with E-state index in [2.05, 4.69) is 40.2 Å². The average Bonchev–Trinajstić information content (AvgIpc) is 2.47. The molecule has 1 fully saturated rings. The fraction of sp³-hybridized carbons (Fsp3) is 0.647. The van der Waals surface area contributed by atoms with Crippen molar-refractivity contribution >= 4 is 15.9 Å². The zero-order valence-electron chi connectivity index (χ0n) is 11.9. The quantitative estimate of drug-likeness (QED) is 0.640. The normalized spacial score (nSPS) is 18.2. The fourth-order valence-corrected chi connectivity index (χ4v) is 3.65. The second kappa shape index (κ2) is 7.94. The van der Waals surface area contributed by atoms with Crippen molar-refractivity contribution in [3.63, 3.8) is 0 Å². The highest BCUT2D eigenvalue weighted by atomic mass is 79.9. The minimum absolute atomic E-state index is 0.614. The number of alkyl halides is 1. The predicted molar refractivity (Wildman–Crippen MR) is 85.2 cm³/mol. The van der Waals surface area contributed by atoms with Gasteiger partial charge in [0.25, 0.3) is 0 Å². The van der Waals surface area contributed by atoms with E-state index in [0.29, 0.717) is 4.83 Å². The third-order valence-corrected chi connectivity index (χ3v) is 5.01. The van der Waals surface area contributed by atoms with Crippen LogP contribution < -0.4 is 4.74 Å². The molecule has 106 valence electrons. The van der Waals surface area contributed by atoms with Crippen LogP contribution in [0.15, 0.2) is 24.3 Å². The maximum Gasteiger partial charge on any atom is 0.118 e. The molecule has 0 radical (unpaired) electrons. The van der Waals surface area contributed by atoms with Crippen LogP contribution in [0, 0.1) is 5.92 Å². The minimum Gasteiger partial charge on any atom is -0.497 e. The van der Waals surface area contributed by atoms with Gasteiger partial charge in [0.05, 0.1) is 7.11 Å². The summed E-state index contributed by atoms with van der Waals surface area (Å²) in [7, 11) is 1.71. The first-order valence-electron chi connectivity index (χ1n) is 7.55. The monoisotopic (exact) mass is 324 g/mol. The van der Waals surface area contributed by atoms with Gasteiger partial charge in [-0.25, -0.2) is 0 Å². The molecule has 0 bridgehead atoms. The molecule has 1 saturated carbocycles. The van der Waals surface area contributed by atoms with Crippen molar-refractivity contribution in [1.29, 1.82) is 0 Å². The number of hydrogen-bond donors (Lipinski definition) is 0. The number of halogens is 1. The first-order chi connectivity index (χ1) is 9.28. The first-order valence-corrected chi connectivity index (χ1v) is 8.46. The minimum atomic E-state index is 0.614. The standard InChI is InChI=1S/C17H25BrO/c1-19-17-11-8-15(9-12-17)13-16(18)10-7-14-5-3-2-4-6-14/h8-9,11-12,14,16H,2-7,10,13H2,1H3. The van der Waals surface area contributed by atoms with Crippen LogP contribution in [0.3, 0.4) is 0 Å². The summed E-state index contributed by atoms with van der Waals surface area (Å²) in [4.78, 5) is 0.614. The van der Waals surface area contributed by atoms with Crippen LogP contribution in [0.2, 0.25) is 0 Å². The molecule has 1 aromatic rings. The number of methoxy groups -OCH3 is 1. The number of hydrogen-bond acceptors (Lipinski definition) is 1. The van der Waals surface area contributed by atoms with E-state index in [4.69, 9.17) is 4.74 Å². The Hall–Kier alpha value is -0.500. The van der Waals surface area contributed by atoms with Crippen LogP contribution in [-0.4, -0.2) is 11.9 Å². The van der Waals surface area contributed by atoms with Gasteiger partial charge in [0, 0.05) is 4.83 Å². The summed E-state index contributed by atoms with van der Waals surface area (Å²) in [6.45, 7) is 0. The Morgan fingerprint density at radius 2 is 1.84 bits per heavy atom. The van der Waals surface area contributed by atoms with Crippen LogP contribution in [0.25, 0.3) is 0 Å². The zero-order chi connectivity index (χ0) is 13.5. The van der Waals surface area contributed by atoms with E-state index in [0.717, 1.165) is 18.1 Å². The fourth-order valence-electron chi connectivity index (χ4n) is 3.01. The maximum atomic E-state index is 5.19. The second-order valence-electron chi connectivity index (χ2n) is 5.73. The maximum absolute atomic E-state index is 5.19. The molecule has 0 spiro atoms. The summed E-state index contributed by atoms with van der Waals surface area (Å²) in [6, 6.07) is 8.45. The molecular formula is C17H25BrO. The average molecular weight is 325 g/mol. The van der Waals surface area contributed by atoms with Gasteiger partial charge < -0.3 is 4.74 Å². The molecule has 1 aliphatic rings. The van der Waals surface area contributed by atoms with Crippen LogP contribution in [0.4, 0.5) is 0 Å². The highest BCUT2D eigenvalue weighted by molar-refractivity contribution is 9.09. The Kier molecular flexibility index (Phi) is 6.22. The van der Waals surface area contributed by atoms with E-state index in [9.17, 15) is 0 Å². The van der Waals surface area contributed by atoms with Gasteiger partial charge >= 0.3 is 0 Å². The third-order valence-electron chi connectivity index (χ3n) is 4.23. The lowest BCUT2D eigenvalue weighted by Crippen LogP contribution is -2.10. The van der Waals surface area contributed by atoms with E-state index in [1.54, 1.807) is 7.11 Å². The van der Waals surface area contributed by atoms with Gasteiger partial charge in [0.2, 0.25) is 0 Å². The lowest BCUT2D eigenvalue weighted by molar-refractivity contribution is 0.331. The van der Waals surface area contributed by atoms with Crippen molar-refractivity contribution in [2.75, 3.05) is 7.11 Å². The molecule has 1 unspecified atom stereocenters. The first kappa shape index (κ1) is 14.9. The molecule has 0 aliphatic heterocycles. The van der Waals surface area contributed by atoms with Crippen molar-refractivity contribution in [2.24, 2.45) is 5.92 Å². The zero-order valence-corrected chi connectivity index (χ0v) is 13.5. The molecule has 1 aliphatic carbocycles. The molecule has 0 heterocycles. The number of ether oxygens (including phenoxy) is 1. The van der Waals surface area contributed by atoms with Crippen molar-refractivity contribution in [1.82, 2.24) is 0 Å². The van der Waals surface area contributed by atoms with E-state index in [1.807, 2.05) is 0 Å². The third kappa shape index (κ3) is 5.18. The summed E-state index contributed by atoms with van der Waals surface area (Å²) in [5, 5.41) is 0. The van der Waals surface area contributed by atoms with Crippen LogP contribution in [0.1, 0.15) is 50.5 Å². The molecule has 1 aromatic carbocycles. The molecular weight excluding hydrogens is 300 g/mol. The Bertz CT molecular complexity index is 354. The van der Waals surface area contributed by atoms with E-state index < -0.39 is 0 Å². The van der Waals surface area contributed by atoms with Gasteiger partial charge in [-0.1, -0.05) is 60.2 Å². The summed E-state index contributed by atoms with van der Waals surface area (Å²) >= 11 is 3.85. The Balaban J connectivity index is 1.71.